The van der Waals surface area contributed by atoms with Crippen molar-refractivity contribution in [3.63, 3.8) is 0 Å². The second kappa shape index (κ2) is 8.21. The van der Waals surface area contributed by atoms with Gasteiger partial charge in [-0.05, 0) is 49.7 Å². The first-order valence-corrected chi connectivity index (χ1v) is 9.69. The van der Waals surface area contributed by atoms with Crippen molar-refractivity contribution in [1.29, 1.82) is 0 Å². The minimum atomic E-state index is -0.719. The molecular weight excluding hydrogens is 374 g/mol. The maximum absolute atomic E-state index is 11.4. The SMILES string of the molecule is COc1cccc(C(c2ccc3c(c2)OCO3)N2CCC(C(=O)O)CC2)c1OC. The normalized spacial score (nSPS) is 17.7. The van der Waals surface area contributed by atoms with Crippen molar-refractivity contribution < 1.29 is 28.8 Å². The largest absolute Gasteiger partial charge is 0.493 e. The maximum atomic E-state index is 11.4. The average Bonchev–Trinajstić information content (AvgIpc) is 3.22. The molecule has 0 bridgehead atoms. The highest BCUT2D eigenvalue weighted by molar-refractivity contribution is 5.70. The zero-order chi connectivity index (χ0) is 20.4. The number of nitrogens with zero attached hydrogens (tertiary/aromatic N) is 1. The van der Waals surface area contributed by atoms with Gasteiger partial charge < -0.3 is 24.1 Å². The molecule has 154 valence electrons. The molecule has 4 rings (SSSR count). The molecule has 0 aliphatic carbocycles. The first-order valence-electron chi connectivity index (χ1n) is 9.69. The summed E-state index contributed by atoms with van der Waals surface area (Å²) in [5.74, 6) is 1.78. The number of hydrogen-bond donors (Lipinski definition) is 1. The Kier molecular flexibility index (Phi) is 5.49. The summed E-state index contributed by atoms with van der Waals surface area (Å²) in [6.07, 6.45) is 1.23. The second-order valence-electron chi connectivity index (χ2n) is 7.25. The molecule has 7 heteroatoms. The van der Waals surface area contributed by atoms with Gasteiger partial charge in [-0.15, -0.1) is 0 Å². The van der Waals surface area contributed by atoms with Crippen molar-refractivity contribution in [3.8, 4) is 23.0 Å². The predicted molar refractivity (Wildman–Crippen MR) is 106 cm³/mol. The Hall–Kier alpha value is -2.93. The lowest BCUT2D eigenvalue weighted by Gasteiger charge is -2.37. The summed E-state index contributed by atoms with van der Waals surface area (Å²) in [5, 5.41) is 9.37. The van der Waals surface area contributed by atoms with Crippen molar-refractivity contribution in [2.45, 2.75) is 18.9 Å². The third-order valence-electron chi connectivity index (χ3n) is 5.68. The second-order valence-corrected chi connectivity index (χ2v) is 7.25. The lowest BCUT2D eigenvalue weighted by molar-refractivity contribution is -0.143. The number of aliphatic carboxylic acids is 1. The Balaban J connectivity index is 1.75. The van der Waals surface area contributed by atoms with Crippen LogP contribution in [0.5, 0.6) is 23.0 Å². The Morgan fingerprint density at radius 2 is 1.86 bits per heavy atom. The Morgan fingerprint density at radius 3 is 2.55 bits per heavy atom. The minimum Gasteiger partial charge on any atom is -0.493 e. The van der Waals surface area contributed by atoms with Crippen LogP contribution in [0.1, 0.15) is 30.0 Å². The lowest BCUT2D eigenvalue weighted by Crippen LogP contribution is -2.39. The van der Waals surface area contributed by atoms with E-state index >= 15 is 0 Å². The smallest absolute Gasteiger partial charge is 0.306 e. The van der Waals surface area contributed by atoms with E-state index in [0.29, 0.717) is 37.4 Å². The van der Waals surface area contributed by atoms with Gasteiger partial charge in [-0.3, -0.25) is 9.69 Å². The monoisotopic (exact) mass is 399 g/mol. The van der Waals surface area contributed by atoms with E-state index in [2.05, 4.69) is 4.90 Å². The number of fused-ring (bicyclic) bond motifs is 1. The number of likely N-dealkylation sites (tertiary alicyclic amines) is 1. The molecule has 1 unspecified atom stereocenters. The predicted octanol–water partition coefficient (Wildman–Crippen LogP) is 3.32. The van der Waals surface area contributed by atoms with E-state index < -0.39 is 5.97 Å². The van der Waals surface area contributed by atoms with Gasteiger partial charge in [-0.1, -0.05) is 18.2 Å². The van der Waals surface area contributed by atoms with Crippen LogP contribution >= 0.6 is 0 Å². The molecule has 2 aromatic rings. The van der Waals surface area contributed by atoms with Gasteiger partial charge in [0.15, 0.2) is 23.0 Å². The van der Waals surface area contributed by atoms with Gasteiger partial charge in [-0.25, -0.2) is 0 Å². The molecule has 0 spiro atoms. The number of carbonyl (C=O) groups is 1. The molecule has 0 radical (unpaired) electrons. The van der Waals surface area contributed by atoms with Crippen LogP contribution < -0.4 is 18.9 Å². The fourth-order valence-corrected chi connectivity index (χ4v) is 4.20. The van der Waals surface area contributed by atoms with E-state index in [0.717, 1.165) is 22.6 Å². The van der Waals surface area contributed by atoms with Gasteiger partial charge >= 0.3 is 5.97 Å². The van der Waals surface area contributed by atoms with Gasteiger partial charge in [0.25, 0.3) is 0 Å². The average molecular weight is 399 g/mol. The molecule has 1 saturated heterocycles. The van der Waals surface area contributed by atoms with E-state index in [-0.39, 0.29) is 18.8 Å². The van der Waals surface area contributed by atoms with Crippen molar-refractivity contribution >= 4 is 5.97 Å². The summed E-state index contributed by atoms with van der Waals surface area (Å²) in [6.45, 7) is 1.57. The lowest BCUT2D eigenvalue weighted by atomic mass is 9.90. The van der Waals surface area contributed by atoms with Crippen LogP contribution in [0.15, 0.2) is 36.4 Å². The van der Waals surface area contributed by atoms with E-state index in [4.69, 9.17) is 18.9 Å². The molecule has 2 aliphatic heterocycles. The van der Waals surface area contributed by atoms with Crippen LogP contribution in [-0.4, -0.2) is 50.1 Å². The molecule has 0 amide bonds. The molecule has 0 saturated carbocycles. The van der Waals surface area contributed by atoms with Crippen molar-refractivity contribution in [3.05, 3.63) is 47.5 Å². The van der Waals surface area contributed by atoms with Crippen LogP contribution in [0, 0.1) is 5.92 Å². The third kappa shape index (κ3) is 3.70. The number of ether oxygens (including phenoxy) is 4. The molecule has 0 aromatic heterocycles. The highest BCUT2D eigenvalue weighted by Crippen LogP contribution is 2.43. The Morgan fingerprint density at radius 1 is 1.10 bits per heavy atom. The van der Waals surface area contributed by atoms with Crippen molar-refractivity contribution in [2.75, 3.05) is 34.1 Å². The van der Waals surface area contributed by atoms with E-state index in [1.165, 1.54) is 0 Å². The number of para-hydroxylation sites is 1. The van der Waals surface area contributed by atoms with Crippen LogP contribution in [0.2, 0.25) is 0 Å². The Bertz CT molecular complexity index is 891. The molecule has 2 aliphatic rings. The summed E-state index contributed by atoms with van der Waals surface area (Å²) in [4.78, 5) is 13.7. The van der Waals surface area contributed by atoms with Crippen LogP contribution in [0.3, 0.4) is 0 Å². The number of hydrogen-bond acceptors (Lipinski definition) is 6. The molecule has 1 fully saturated rings. The molecule has 29 heavy (non-hydrogen) atoms. The van der Waals surface area contributed by atoms with E-state index in [9.17, 15) is 9.90 Å². The third-order valence-corrected chi connectivity index (χ3v) is 5.68. The zero-order valence-electron chi connectivity index (χ0n) is 16.6. The fourth-order valence-electron chi connectivity index (χ4n) is 4.20. The number of rotatable bonds is 6. The van der Waals surface area contributed by atoms with Crippen LogP contribution in [0.25, 0.3) is 0 Å². The molecular formula is C22H25NO6. The number of piperidine rings is 1. The van der Waals surface area contributed by atoms with Crippen molar-refractivity contribution in [1.82, 2.24) is 4.90 Å². The first kappa shape index (κ1) is 19.4. The number of carboxylic acids is 1. The molecule has 2 heterocycles. The van der Waals surface area contributed by atoms with Crippen molar-refractivity contribution in [2.24, 2.45) is 5.92 Å². The number of benzene rings is 2. The summed E-state index contributed by atoms with van der Waals surface area (Å²) in [7, 11) is 3.25. The minimum absolute atomic E-state index is 0.121. The van der Waals surface area contributed by atoms with Gasteiger partial charge in [0, 0.05) is 5.56 Å². The highest BCUT2D eigenvalue weighted by Gasteiger charge is 2.33. The topological polar surface area (TPSA) is 77.5 Å². The van der Waals surface area contributed by atoms with E-state index in [1.54, 1.807) is 14.2 Å². The quantitative estimate of drug-likeness (QED) is 0.798. The molecule has 2 aromatic carbocycles. The van der Waals surface area contributed by atoms with Gasteiger partial charge in [0.05, 0.1) is 26.2 Å². The zero-order valence-corrected chi connectivity index (χ0v) is 16.6. The molecule has 1 N–H and O–H groups in total. The highest BCUT2D eigenvalue weighted by atomic mass is 16.7. The number of methoxy groups -OCH3 is 2. The number of carboxylic acid groups (broad SMARTS) is 1. The summed E-state index contributed by atoms with van der Waals surface area (Å²) >= 11 is 0. The fraction of sp³-hybridized carbons (Fsp3) is 0.409. The van der Waals surface area contributed by atoms with Crippen LogP contribution in [0.4, 0.5) is 0 Å². The van der Waals surface area contributed by atoms with E-state index in [1.807, 2.05) is 36.4 Å². The summed E-state index contributed by atoms with van der Waals surface area (Å²) in [5.41, 5.74) is 2.01. The standard InChI is InChI=1S/C22H25NO6/c1-26-18-5-3-4-16(21(18)27-2)20(23-10-8-14(9-11-23)22(24)25)15-6-7-17-19(12-15)29-13-28-17/h3-7,12,14,20H,8-11,13H2,1-2H3,(H,24,25). The van der Waals surface area contributed by atoms with Crippen LogP contribution in [-0.2, 0) is 4.79 Å². The maximum Gasteiger partial charge on any atom is 0.306 e. The van der Waals surface area contributed by atoms with Gasteiger partial charge in [-0.2, -0.15) is 0 Å². The molecule has 7 nitrogen and oxygen atoms in total. The summed E-state index contributed by atoms with van der Waals surface area (Å²) < 4.78 is 22.3. The van der Waals surface area contributed by atoms with Gasteiger partial charge in [0.2, 0.25) is 6.79 Å². The Labute approximate surface area is 169 Å². The summed E-state index contributed by atoms with van der Waals surface area (Å²) in [6, 6.07) is 11.7. The molecule has 1 atom stereocenters. The first-order chi connectivity index (χ1) is 14.1. The van der Waals surface area contributed by atoms with Gasteiger partial charge in [0.1, 0.15) is 0 Å².